The SMILES string of the molecule is CN=C(NCCS(=O)Cc1ccccc1)N1CCN(Cc2ccon2)CC1.I. The van der Waals surface area contributed by atoms with Gasteiger partial charge in [0.2, 0.25) is 0 Å². The van der Waals surface area contributed by atoms with Gasteiger partial charge in [-0.1, -0.05) is 35.5 Å². The smallest absolute Gasteiger partial charge is 0.193 e. The third-order valence-electron chi connectivity index (χ3n) is 4.54. The first-order valence-electron chi connectivity index (χ1n) is 9.20. The standard InChI is InChI=1S/C19H27N5O2S.HI/c1-20-19(21-8-14-27(25)16-17-5-3-2-4-6-17)24-11-9-23(10-12-24)15-18-7-13-26-22-18;/h2-7,13H,8-12,14-16H2,1H3,(H,20,21);1H. The molecule has 28 heavy (non-hydrogen) atoms. The molecular formula is C19H28IN5O2S. The van der Waals surface area contributed by atoms with Crippen LogP contribution in [0.4, 0.5) is 0 Å². The van der Waals surface area contributed by atoms with Gasteiger partial charge in [-0.05, 0) is 5.56 Å². The van der Waals surface area contributed by atoms with Crippen molar-refractivity contribution >= 4 is 40.7 Å². The Kier molecular flexibility index (Phi) is 9.93. The molecule has 1 fully saturated rings. The normalized spacial score (nSPS) is 16.5. The molecule has 1 N–H and O–H groups in total. The van der Waals surface area contributed by atoms with Gasteiger partial charge >= 0.3 is 0 Å². The Labute approximate surface area is 186 Å². The Hall–Kier alpha value is -1.46. The van der Waals surface area contributed by atoms with E-state index in [1.807, 2.05) is 36.4 Å². The van der Waals surface area contributed by atoms with E-state index in [-0.39, 0.29) is 24.0 Å². The summed E-state index contributed by atoms with van der Waals surface area (Å²) in [5.41, 5.74) is 2.08. The van der Waals surface area contributed by atoms with Gasteiger partial charge in [-0.25, -0.2) is 0 Å². The molecule has 1 atom stereocenters. The van der Waals surface area contributed by atoms with Crippen molar-refractivity contribution in [3.05, 3.63) is 53.9 Å². The van der Waals surface area contributed by atoms with Crippen molar-refractivity contribution in [3.8, 4) is 0 Å². The molecular weight excluding hydrogens is 489 g/mol. The van der Waals surface area contributed by atoms with Crippen molar-refractivity contribution in [2.75, 3.05) is 45.5 Å². The first-order valence-corrected chi connectivity index (χ1v) is 10.7. The van der Waals surface area contributed by atoms with Crippen LogP contribution in [0.1, 0.15) is 11.3 Å². The number of aromatic nitrogens is 1. The third-order valence-corrected chi connectivity index (χ3v) is 5.86. The van der Waals surface area contributed by atoms with E-state index in [0.29, 0.717) is 18.1 Å². The lowest BCUT2D eigenvalue weighted by atomic mass is 10.2. The molecule has 1 unspecified atom stereocenters. The van der Waals surface area contributed by atoms with Crippen LogP contribution < -0.4 is 5.32 Å². The maximum absolute atomic E-state index is 12.3. The molecule has 0 radical (unpaired) electrons. The Morgan fingerprint density at radius 2 is 1.96 bits per heavy atom. The summed E-state index contributed by atoms with van der Waals surface area (Å²) in [6.07, 6.45) is 1.61. The number of halogens is 1. The molecule has 7 nitrogen and oxygen atoms in total. The van der Waals surface area contributed by atoms with Crippen molar-refractivity contribution in [1.82, 2.24) is 20.3 Å². The van der Waals surface area contributed by atoms with Gasteiger partial charge in [0.25, 0.3) is 0 Å². The molecule has 154 valence electrons. The summed E-state index contributed by atoms with van der Waals surface area (Å²) in [5.74, 6) is 2.09. The highest BCUT2D eigenvalue weighted by atomic mass is 127. The summed E-state index contributed by atoms with van der Waals surface area (Å²) in [5, 5.41) is 7.33. The quantitative estimate of drug-likeness (QED) is 0.344. The molecule has 1 aromatic heterocycles. The van der Waals surface area contributed by atoms with E-state index >= 15 is 0 Å². The lowest BCUT2D eigenvalue weighted by molar-refractivity contribution is 0.169. The molecule has 0 saturated carbocycles. The average Bonchev–Trinajstić information content (AvgIpc) is 3.20. The zero-order valence-electron chi connectivity index (χ0n) is 16.1. The lowest BCUT2D eigenvalue weighted by Gasteiger charge is -2.36. The molecule has 0 aliphatic carbocycles. The fourth-order valence-corrected chi connectivity index (χ4v) is 4.15. The van der Waals surface area contributed by atoms with Crippen LogP contribution in [0, 0.1) is 0 Å². The number of aliphatic imine (C=N–C) groups is 1. The summed E-state index contributed by atoms with van der Waals surface area (Å²) in [6, 6.07) is 11.9. The van der Waals surface area contributed by atoms with Crippen LogP contribution in [-0.4, -0.2) is 70.6 Å². The number of nitrogens with zero attached hydrogens (tertiary/aromatic N) is 4. The Morgan fingerprint density at radius 3 is 2.61 bits per heavy atom. The fraction of sp³-hybridized carbons (Fsp3) is 0.474. The second kappa shape index (κ2) is 12.2. The second-order valence-electron chi connectivity index (χ2n) is 6.50. The number of rotatable bonds is 7. The first-order chi connectivity index (χ1) is 13.2. The summed E-state index contributed by atoms with van der Waals surface area (Å²) in [7, 11) is 0.918. The maximum Gasteiger partial charge on any atom is 0.193 e. The second-order valence-corrected chi connectivity index (χ2v) is 8.08. The topological polar surface area (TPSA) is 74.0 Å². The first kappa shape index (κ1) is 22.8. The van der Waals surface area contributed by atoms with E-state index in [1.165, 1.54) is 0 Å². The zero-order chi connectivity index (χ0) is 18.9. The predicted octanol–water partition coefficient (Wildman–Crippen LogP) is 1.93. The minimum atomic E-state index is -0.879. The van der Waals surface area contributed by atoms with E-state index in [1.54, 1.807) is 13.3 Å². The third kappa shape index (κ3) is 7.17. The van der Waals surface area contributed by atoms with Crippen LogP contribution in [0.15, 0.2) is 52.2 Å². The average molecular weight is 517 g/mol. The van der Waals surface area contributed by atoms with Crippen LogP contribution in [0.3, 0.4) is 0 Å². The number of guanidine groups is 1. The molecule has 1 saturated heterocycles. The number of hydrogen-bond acceptors (Lipinski definition) is 5. The Balaban J connectivity index is 0.00000280. The zero-order valence-corrected chi connectivity index (χ0v) is 19.3. The summed E-state index contributed by atoms with van der Waals surface area (Å²) >= 11 is 0. The molecule has 0 bridgehead atoms. The van der Waals surface area contributed by atoms with Crippen LogP contribution in [0.5, 0.6) is 0 Å². The van der Waals surface area contributed by atoms with Gasteiger partial charge in [-0.3, -0.25) is 14.1 Å². The summed E-state index contributed by atoms with van der Waals surface area (Å²) in [4.78, 5) is 8.99. The lowest BCUT2D eigenvalue weighted by Crippen LogP contribution is -2.52. The van der Waals surface area contributed by atoms with Crippen LogP contribution in [0.25, 0.3) is 0 Å². The van der Waals surface area contributed by atoms with Gasteiger partial charge in [0.05, 0.1) is 5.69 Å². The van der Waals surface area contributed by atoms with Crippen LogP contribution in [-0.2, 0) is 23.1 Å². The number of hydrogen-bond donors (Lipinski definition) is 1. The molecule has 2 aromatic rings. The molecule has 0 spiro atoms. The summed E-state index contributed by atoms with van der Waals surface area (Å²) < 4.78 is 17.1. The maximum atomic E-state index is 12.3. The molecule has 1 aliphatic rings. The van der Waals surface area contributed by atoms with Gasteiger partial charge in [0, 0.05) is 74.7 Å². The largest absolute Gasteiger partial charge is 0.364 e. The fourth-order valence-electron chi connectivity index (χ4n) is 3.11. The minimum absolute atomic E-state index is 0. The molecule has 1 aliphatic heterocycles. The molecule has 0 amide bonds. The van der Waals surface area contributed by atoms with Gasteiger partial charge in [0.1, 0.15) is 6.26 Å². The Bertz CT molecular complexity index is 734. The predicted molar refractivity (Wildman–Crippen MR) is 123 cm³/mol. The van der Waals surface area contributed by atoms with Gasteiger partial charge in [0.15, 0.2) is 5.96 Å². The van der Waals surface area contributed by atoms with E-state index in [0.717, 1.165) is 49.9 Å². The molecule has 2 heterocycles. The number of piperazine rings is 1. The van der Waals surface area contributed by atoms with Gasteiger partial charge in [-0.2, -0.15) is 0 Å². The highest BCUT2D eigenvalue weighted by molar-refractivity contribution is 14.0. The van der Waals surface area contributed by atoms with Crippen LogP contribution >= 0.6 is 24.0 Å². The molecule has 3 rings (SSSR count). The van der Waals surface area contributed by atoms with Gasteiger partial charge < -0.3 is 14.7 Å². The van der Waals surface area contributed by atoms with Crippen molar-refractivity contribution < 1.29 is 8.73 Å². The van der Waals surface area contributed by atoms with Crippen molar-refractivity contribution in [2.24, 2.45) is 4.99 Å². The highest BCUT2D eigenvalue weighted by Gasteiger charge is 2.20. The van der Waals surface area contributed by atoms with E-state index in [2.05, 4.69) is 25.3 Å². The highest BCUT2D eigenvalue weighted by Crippen LogP contribution is 2.07. The van der Waals surface area contributed by atoms with Crippen LogP contribution in [0.2, 0.25) is 0 Å². The van der Waals surface area contributed by atoms with Crippen molar-refractivity contribution in [2.45, 2.75) is 12.3 Å². The minimum Gasteiger partial charge on any atom is -0.364 e. The van der Waals surface area contributed by atoms with E-state index in [9.17, 15) is 4.21 Å². The molecule has 1 aromatic carbocycles. The van der Waals surface area contributed by atoms with E-state index in [4.69, 9.17) is 4.52 Å². The summed E-state index contributed by atoms with van der Waals surface area (Å²) in [6.45, 7) is 5.19. The number of benzene rings is 1. The Morgan fingerprint density at radius 1 is 1.21 bits per heavy atom. The monoisotopic (exact) mass is 517 g/mol. The number of nitrogens with one attached hydrogen (secondary N) is 1. The van der Waals surface area contributed by atoms with Gasteiger partial charge in [-0.15, -0.1) is 24.0 Å². The van der Waals surface area contributed by atoms with E-state index < -0.39 is 10.8 Å². The van der Waals surface area contributed by atoms with Crippen molar-refractivity contribution in [3.63, 3.8) is 0 Å². The van der Waals surface area contributed by atoms with Crippen molar-refractivity contribution in [1.29, 1.82) is 0 Å². The molecule has 9 heteroatoms.